The maximum Gasteiger partial charge on any atom is 0.261 e. The zero-order valence-corrected chi connectivity index (χ0v) is 13.9. The molecule has 1 amide bonds. The number of rotatable bonds is 4. The summed E-state index contributed by atoms with van der Waals surface area (Å²) in [5, 5.41) is 3.65. The number of nitrogens with zero attached hydrogens (tertiary/aromatic N) is 2. The number of hydrogen-bond donors (Lipinski definition) is 1. The number of amides is 1. The van der Waals surface area contributed by atoms with E-state index in [1.54, 1.807) is 12.1 Å². The van der Waals surface area contributed by atoms with Gasteiger partial charge in [-0.25, -0.2) is 4.98 Å². The van der Waals surface area contributed by atoms with Gasteiger partial charge in [-0.2, -0.15) is 0 Å². The summed E-state index contributed by atoms with van der Waals surface area (Å²) >= 11 is 0. The molecule has 2 saturated carbocycles. The van der Waals surface area contributed by atoms with Crippen LogP contribution in [-0.4, -0.2) is 21.5 Å². The van der Waals surface area contributed by atoms with Gasteiger partial charge in [-0.05, 0) is 56.1 Å². The Morgan fingerprint density at radius 2 is 2.17 bits per heavy atom. The summed E-state index contributed by atoms with van der Waals surface area (Å²) < 4.78 is 1.39. The van der Waals surface area contributed by atoms with E-state index in [0.29, 0.717) is 16.8 Å². The second-order valence-corrected chi connectivity index (χ2v) is 7.39. The van der Waals surface area contributed by atoms with E-state index in [2.05, 4.69) is 17.2 Å². The topological polar surface area (TPSA) is 64.0 Å². The third-order valence-corrected chi connectivity index (χ3v) is 5.87. The zero-order valence-electron chi connectivity index (χ0n) is 13.9. The molecule has 5 nitrogen and oxygen atoms in total. The van der Waals surface area contributed by atoms with Crippen molar-refractivity contribution in [2.75, 3.05) is 0 Å². The average Bonchev–Trinajstić information content (AvgIpc) is 3.21. The molecule has 2 aromatic rings. The SMILES string of the molecule is CC(NC(=O)Cn1cnc2ccccc2c1=O)C1CC2CCC1C2. The first kappa shape index (κ1) is 15.4. The molecule has 2 aliphatic rings. The molecule has 2 fully saturated rings. The second kappa shape index (κ2) is 6.04. The molecule has 24 heavy (non-hydrogen) atoms. The monoisotopic (exact) mass is 325 g/mol. The van der Waals surface area contributed by atoms with Crippen molar-refractivity contribution in [2.45, 2.75) is 45.2 Å². The summed E-state index contributed by atoms with van der Waals surface area (Å²) in [7, 11) is 0. The lowest BCUT2D eigenvalue weighted by atomic mass is 9.84. The van der Waals surface area contributed by atoms with Crippen molar-refractivity contribution < 1.29 is 4.79 Å². The first-order valence-corrected chi connectivity index (χ1v) is 8.85. The molecule has 2 aliphatic carbocycles. The molecule has 4 unspecified atom stereocenters. The Labute approximate surface area is 141 Å². The standard InChI is InChI=1S/C19H23N3O2/c1-12(16-9-13-6-7-14(16)8-13)21-18(23)10-22-11-20-17-5-3-2-4-15(17)19(22)24/h2-5,11-14,16H,6-10H2,1H3,(H,21,23). The van der Waals surface area contributed by atoms with E-state index in [1.807, 2.05) is 12.1 Å². The van der Waals surface area contributed by atoms with Gasteiger partial charge in [0, 0.05) is 6.04 Å². The molecule has 2 bridgehead atoms. The van der Waals surface area contributed by atoms with E-state index in [-0.39, 0.29) is 24.1 Å². The fraction of sp³-hybridized carbons (Fsp3) is 0.526. The van der Waals surface area contributed by atoms with Crippen molar-refractivity contribution in [3.05, 3.63) is 40.9 Å². The summed E-state index contributed by atoms with van der Waals surface area (Å²) in [5.74, 6) is 2.13. The van der Waals surface area contributed by atoms with Crippen molar-refractivity contribution in [1.82, 2.24) is 14.9 Å². The Balaban J connectivity index is 1.44. The lowest BCUT2D eigenvalue weighted by Gasteiger charge is -2.28. The van der Waals surface area contributed by atoms with E-state index >= 15 is 0 Å². The maximum atomic E-state index is 12.5. The van der Waals surface area contributed by atoms with Crippen molar-refractivity contribution >= 4 is 16.8 Å². The van der Waals surface area contributed by atoms with Crippen molar-refractivity contribution in [2.24, 2.45) is 17.8 Å². The van der Waals surface area contributed by atoms with Gasteiger partial charge in [0.05, 0.1) is 17.2 Å². The van der Waals surface area contributed by atoms with Gasteiger partial charge in [0.15, 0.2) is 0 Å². The number of para-hydroxylation sites is 1. The van der Waals surface area contributed by atoms with E-state index < -0.39 is 0 Å². The van der Waals surface area contributed by atoms with Crippen molar-refractivity contribution in [3.63, 3.8) is 0 Å². The van der Waals surface area contributed by atoms with Gasteiger partial charge in [0.1, 0.15) is 6.54 Å². The van der Waals surface area contributed by atoms with Gasteiger partial charge in [0.2, 0.25) is 5.91 Å². The predicted molar refractivity (Wildman–Crippen MR) is 92.5 cm³/mol. The number of fused-ring (bicyclic) bond motifs is 3. The normalized spacial score (nSPS) is 26.6. The molecule has 1 aromatic carbocycles. The molecular weight excluding hydrogens is 302 g/mol. The number of carbonyl (C=O) groups excluding carboxylic acids is 1. The van der Waals surface area contributed by atoms with Gasteiger partial charge in [-0.1, -0.05) is 18.6 Å². The van der Waals surface area contributed by atoms with Crippen molar-refractivity contribution in [3.8, 4) is 0 Å². The molecule has 0 radical (unpaired) electrons. The lowest BCUT2D eigenvalue weighted by molar-refractivity contribution is -0.122. The summed E-state index contributed by atoms with van der Waals surface area (Å²) in [6, 6.07) is 7.39. The molecule has 1 heterocycles. The van der Waals surface area contributed by atoms with Crippen molar-refractivity contribution in [1.29, 1.82) is 0 Å². The third kappa shape index (κ3) is 2.72. The van der Waals surface area contributed by atoms with Crippen LogP contribution in [0.3, 0.4) is 0 Å². The van der Waals surface area contributed by atoms with E-state index in [4.69, 9.17) is 0 Å². The Hall–Kier alpha value is -2.17. The summed E-state index contributed by atoms with van der Waals surface area (Å²) in [6.07, 6.45) is 6.71. The largest absolute Gasteiger partial charge is 0.352 e. The molecule has 5 heteroatoms. The van der Waals surface area contributed by atoms with Gasteiger partial charge in [-0.3, -0.25) is 14.2 Å². The van der Waals surface area contributed by atoms with Crippen LogP contribution < -0.4 is 10.9 Å². The van der Waals surface area contributed by atoms with Crippen LogP contribution in [0.5, 0.6) is 0 Å². The van der Waals surface area contributed by atoms with Gasteiger partial charge < -0.3 is 5.32 Å². The molecule has 1 N–H and O–H groups in total. The van der Waals surface area contributed by atoms with E-state index in [1.165, 1.54) is 36.6 Å². The van der Waals surface area contributed by atoms with Crippen LogP contribution in [0.2, 0.25) is 0 Å². The number of aromatic nitrogens is 2. The zero-order chi connectivity index (χ0) is 16.7. The molecule has 0 aliphatic heterocycles. The molecule has 1 aromatic heterocycles. The Bertz CT molecular complexity index is 829. The van der Waals surface area contributed by atoms with Crippen LogP contribution >= 0.6 is 0 Å². The number of nitrogens with one attached hydrogen (secondary N) is 1. The van der Waals surface area contributed by atoms with Gasteiger partial charge >= 0.3 is 0 Å². The molecule has 0 saturated heterocycles. The van der Waals surface area contributed by atoms with Crippen LogP contribution in [-0.2, 0) is 11.3 Å². The van der Waals surface area contributed by atoms with Crippen LogP contribution in [0.25, 0.3) is 10.9 Å². The lowest BCUT2D eigenvalue weighted by Crippen LogP contribution is -2.42. The van der Waals surface area contributed by atoms with E-state index in [9.17, 15) is 9.59 Å². The van der Waals surface area contributed by atoms with E-state index in [0.717, 1.165) is 11.8 Å². The highest BCUT2D eigenvalue weighted by Gasteiger charge is 2.42. The van der Waals surface area contributed by atoms with Gasteiger partial charge in [0.25, 0.3) is 5.56 Å². The number of hydrogen-bond acceptors (Lipinski definition) is 3. The highest BCUT2D eigenvalue weighted by molar-refractivity contribution is 5.79. The minimum Gasteiger partial charge on any atom is -0.352 e. The fourth-order valence-electron chi connectivity index (χ4n) is 4.69. The van der Waals surface area contributed by atoms with Gasteiger partial charge in [-0.15, -0.1) is 0 Å². The van der Waals surface area contributed by atoms with Crippen LogP contribution in [0.4, 0.5) is 0 Å². The number of benzene rings is 1. The highest BCUT2D eigenvalue weighted by Crippen LogP contribution is 2.49. The summed E-state index contributed by atoms with van der Waals surface area (Å²) in [6.45, 7) is 2.13. The first-order chi connectivity index (χ1) is 11.6. The van der Waals surface area contributed by atoms with Crippen LogP contribution in [0.1, 0.15) is 32.6 Å². The predicted octanol–water partition coefficient (Wildman–Crippen LogP) is 2.34. The first-order valence-electron chi connectivity index (χ1n) is 8.85. The Kier molecular flexibility index (Phi) is 3.87. The quantitative estimate of drug-likeness (QED) is 0.938. The summed E-state index contributed by atoms with van der Waals surface area (Å²) in [4.78, 5) is 29.1. The molecule has 4 rings (SSSR count). The van der Waals surface area contributed by atoms with Crippen LogP contribution in [0.15, 0.2) is 35.4 Å². The molecule has 126 valence electrons. The fourth-order valence-corrected chi connectivity index (χ4v) is 4.69. The number of carbonyl (C=O) groups is 1. The Morgan fingerprint density at radius 1 is 1.33 bits per heavy atom. The molecular formula is C19H23N3O2. The second-order valence-electron chi connectivity index (χ2n) is 7.39. The minimum absolute atomic E-state index is 0.0296. The molecule has 4 atom stereocenters. The van der Waals surface area contributed by atoms with Crippen LogP contribution in [0, 0.1) is 17.8 Å². The average molecular weight is 325 g/mol. The smallest absolute Gasteiger partial charge is 0.261 e. The Morgan fingerprint density at radius 3 is 2.92 bits per heavy atom. The summed E-state index contributed by atoms with van der Waals surface area (Å²) in [5.41, 5.74) is 0.498. The third-order valence-electron chi connectivity index (χ3n) is 5.87. The molecule has 0 spiro atoms. The highest BCUT2D eigenvalue weighted by atomic mass is 16.2. The minimum atomic E-state index is -0.164. The maximum absolute atomic E-state index is 12.5.